The minimum Gasteiger partial charge on any atom is -0.366 e. The lowest BCUT2D eigenvalue weighted by Crippen LogP contribution is -2.12. The molecule has 0 aliphatic heterocycles. The average Bonchev–Trinajstić information content (AvgIpc) is 2.65. The fourth-order valence-corrected chi connectivity index (χ4v) is 1.70. The molecule has 4 nitrogen and oxygen atoms in total. The number of primary amides is 1. The molecule has 0 radical (unpaired) electrons. The molecule has 4 heteroatoms. The number of hydrogen-bond donors (Lipinski definition) is 1. The molecular formula is C12H13N3O. The number of amides is 1. The third kappa shape index (κ3) is 1.69. The standard InChI is InChI=1S/C12H13N3O/c1-8-3-4-9(7-10(8)12(13)16)11-5-6-14-15(11)2/h3-7H,1-2H3,(H2,13,16). The number of aromatic nitrogens is 2. The van der Waals surface area contributed by atoms with Crippen molar-refractivity contribution in [2.24, 2.45) is 12.8 Å². The van der Waals surface area contributed by atoms with Crippen LogP contribution < -0.4 is 5.73 Å². The molecule has 1 aromatic heterocycles. The van der Waals surface area contributed by atoms with E-state index >= 15 is 0 Å². The van der Waals surface area contributed by atoms with Gasteiger partial charge in [-0.2, -0.15) is 5.10 Å². The van der Waals surface area contributed by atoms with Gasteiger partial charge in [0.15, 0.2) is 0 Å². The minimum absolute atomic E-state index is 0.401. The predicted octanol–water partition coefficient (Wildman–Crippen LogP) is 1.49. The topological polar surface area (TPSA) is 60.9 Å². The number of rotatable bonds is 2. The minimum atomic E-state index is -0.401. The third-order valence-corrected chi connectivity index (χ3v) is 2.62. The molecule has 1 amide bonds. The lowest BCUT2D eigenvalue weighted by Gasteiger charge is -2.06. The summed E-state index contributed by atoms with van der Waals surface area (Å²) in [5.41, 5.74) is 8.66. The van der Waals surface area contributed by atoms with Gasteiger partial charge in [-0.25, -0.2) is 0 Å². The van der Waals surface area contributed by atoms with E-state index in [0.717, 1.165) is 16.8 Å². The first kappa shape index (κ1) is 10.4. The Kier molecular flexibility index (Phi) is 2.48. The maximum absolute atomic E-state index is 11.2. The zero-order valence-electron chi connectivity index (χ0n) is 9.27. The Hall–Kier alpha value is -2.10. The summed E-state index contributed by atoms with van der Waals surface area (Å²) >= 11 is 0. The Balaban J connectivity index is 2.56. The van der Waals surface area contributed by atoms with Crippen LogP contribution in [0.2, 0.25) is 0 Å². The van der Waals surface area contributed by atoms with Gasteiger partial charge in [0.2, 0.25) is 5.91 Å². The lowest BCUT2D eigenvalue weighted by atomic mass is 10.0. The van der Waals surface area contributed by atoms with Crippen molar-refractivity contribution >= 4 is 5.91 Å². The van der Waals surface area contributed by atoms with E-state index in [4.69, 9.17) is 5.73 Å². The van der Waals surface area contributed by atoms with E-state index in [0.29, 0.717) is 5.56 Å². The number of hydrogen-bond acceptors (Lipinski definition) is 2. The van der Waals surface area contributed by atoms with Gasteiger partial charge in [0.05, 0.1) is 5.69 Å². The number of nitrogens with two attached hydrogens (primary N) is 1. The van der Waals surface area contributed by atoms with E-state index < -0.39 is 5.91 Å². The number of nitrogens with zero attached hydrogens (tertiary/aromatic N) is 2. The van der Waals surface area contributed by atoms with Crippen molar-refractivity contribution in [2.75, 3.05) is 0 Å². The molecule has 0 bridgehead atoms. The van der Waals surface area contributed by atoms with Crippen molar-refractivity contribution in [3.8, 4) is 11.3 Å². The Morgan fingerprint density at radius 2 is 2.12 bits per heavy atom. The summed E-state index contributed by atoms with van der Waals surface area (Å²) in [6, 6.07) is 7.55. The molecule has 0 fully saturated rings. The van der Waals surface area contributed by atoms with Crippen LogP contribution in [0, 0.1) is 6.92 Å². The molecule has 2 N–H and O–H groups in total. The molecule has 2 aromatic rings. The van der Waals surface area contributed by atoms with Crippen molar-refractivity contribution in [3.63, 3.8) is 0 Å². The summed E-state index contributed by atoms with van der Waals surface area (Å²) in [7, 11) is 1.86. The zero-order valence-corrected chi connectivity index (χ0v) is 9.27. The van der Waals surface area contributed by atoms with Gasteiger partial charge in [0, 0.05) is 24.4 Å². The fraction of sp³-hybridized carbons (Fsp3) is 0.167. The number of aryl methyl sites for hydroxylation is 2. The molecule has 0 atom stereocenters. The molecule has 2 rings (SSSR count). The van der Waals surface area contributed by atoms with Crippen LogP contribution in [0.3, 0.4) is 0 Å². The van der Waals surface area contributed by atoms with Crippen molar-refractivity contribution in [1.29, 1.82) is 0 Å². The molecule has 16 heavy (non-hydrogen) atoms. The Morgan fingerprint density at radius 1 is 1.38 bits per heavy atom. The molecule has 1 aromatic carbocycles. The second kappa shape index (κ2) is 3.81. The molecule has 82 valence electrons. The van der Waals surface area contributed by atoms with Crippen LogP contribution in [0.15, 0.2) is 30.5 Å². The first-order valence-electron chi connectivity index (χ1n) is 4.98. The molecular weight excluding hydrogens is 202 g/mol. The third-order valence-electron chi connectivity index (χ3n) is 2.62. The lowest BCUT2D eigenvalue weighted by molar-refractivity contribution is 0.1000. The highest BCUT2D eigenvalue weighted by molar-refractivity contribution is 5.95. The van der Waals surface area contributed by atoms with Crippen LogP contribution in [0.1, 0.15) is 15.9 Å². The summed E-state index contributed by atoms with van der Waals surface area (Å²) in [6.45, 7) is 1.87. The normalized spacial score (nSPS) is 10.4. The molecule has 0 unspecified atom stereocenters. The van der Waals surface area contributed by atoms with Gasteiger partial charge in [-0.3, -0.25) is 9.48 Å². The van der Waals surface area contributed by atoms with E-state index in [2.05, 4.69) is 5.10 Å². The zero-order chi connectivity index (χ0) is 11.7. The maximum Gasteiger partial charge on any atom is 0.248 e. The van der Waals surface area contributed by atoms with E-state index in [-0.39, 0.29) is 0 Å². The first-order chi connectivity index (χ1) is 7.59. The molecule has 0 aliphatic carbocycles. The van der Waals surface area contributed by atoms with Crippen molar-refractivity contribution in [1.82, 2.24) is 9.78 Å². The maximum atomic E-state index is 11.2. The summed E-state index contributed by atoms with van der Waals surface area (Å²) in [5.74, 6) is -0.401. The summed E-state index contributed by atoms with van der Waals surface area (Å²) < 4.78 is 1.76. The van der Waals surface area contributed by atoms with E-state index in [1.165, 1.54) is 0 Å². The number of benzene rings is 1. The summed E-state index contributed by atoms with van der Waals surface area (Å²) in [5, 5.41) is 4.09. The largest absolute Gasteiger partial charge is 0.366 e. The van der Waals surface area contributed by atoms with Crippen molar-refractivity contribution < 1.29 is 4.79 Å². The molecule has 0 saturated heterocycles. The van der Waals surface area contributed by atoms with Crippen LogP contribution >= 0.6 is 0 Å². The van der Waals surface area contributed by atoms with Gasteiger partial charge in [-0.15, -0.1) is 0 Å². The Bertz CT molecular complexity index is 543. The first-order valence-corrected chi connectivity index (χ1v) is 4.98. The van der Waals surface area contributed by atoms with E-state index in [1.54, 1.807) is 16.9 Å². The second-order valence-corrected chi connectivity index (χ2v) is 3.73. The SMILES string of the molecule is Cc1ccc(-c2ccnn2C)cc1C(N)=O. The van der Waals surface area contributed by atoms with Crippen LogP contribution in [-0.2, 0) is 7.05 Å². The molecule has 1 heterocycles. The second-order valence-electron chi connectivity index (χ2n) is 3.73. The molecule has 0 aliphatic rings. The van der Waals surface area contributed by atoms with Crippen LogP contribution in [0.5, 0.6) is 0 Å². The quantitative estimate of drug-likeness (QED) is 0.825. The highest BCUT2D eigenvalue weighted by Crippen LogP contribution is 2.21. The summed E-state index contributed by atoms with van der Waals surface area (Å²) in [4.78, 5) is 11.2. The smallest absolute Gasteiger partial charge is 0.248 e. The monoisotopic (exact) mass is 215 g/mol. The molecule has 0 spiro atoms. The van der Waals surface area contributed by atoms with Gasteiger partial charge < -0.3 is 5.73 Å². The van der Waals surface area contributed by atoms with Gasteiger partial charge >= 0.3 is 0 Å². The Labute approximate surface area is 93.7 Å². The van der Waals surface area contributed by atoms with Gasteiger partial charge in [-0.05, 0) is 24.6 Å². The van der Waals surface area contributed by atoms with Crippen molar-refractivity contribution in [3.05, 3.63) is 41.6 Å². The number of carbonyl (C=O) groups is 1. The number of carbonyl (C=O) groups excluding carboxylic acids is 1. The highest BCUT2D eigenvalue weighted by atomic mass is 16.1. The fourth-order valence-electron chi connectivity index (χ4n) is 1.70. The molecule has 0 saturated carbocycles. The van der Waals surface area contributed by atoms with Gasteiger partial charge in [0.1, 0.15) is 0 Å². The van der Waals surface area contributed by atoms with Crippen molar-refractivity contribution in [2.45, 2.75) is 6.92 Å². The average molecular weight is 215 g/mol. The van der Waals surface area contributed by atoms with Crippen LogP contribution in [0.25, 0.3) is 11.3 Å². The summed E-state index contributed by atoms with van der Waals surface area (Å²) in [6.07, 6.45) is 1.72. The Morgan fingerprint density at radius 3 is 2.69 bits per heavy atom. The van der Waals surface area contributed by atoms with Gasteiger partial charge in [0.25, 0.3) is 0 Å². The highest BCUT2D eigenvalue weighted by Gasteiger charge is 2.08. The van der Waals surface area contributed by atoms with E-state index in [1.807, 2.05) is 32.2 Å². The van der Waals surface area contributed by atoms with Gasteiger partial charge in [-0.1, -0.05) is 12.1 Å². The predicted molar refractivity (Wildman–Crippen MR) is 61.9 cm³/mol. The van der Waals surface area contributed by atoms with Crippen LogP contribution in [-0.4, -0.2) is 15.7 Å². The van der Waals surface area contributed by atoms with E-state index in [9.17, 15) is 4.79 Å². The van der Waals surface area contributed by atoms with Crippen LogP contribution in [0.4, 0.5) is 0 Å².